The van der Waals surface area contributed by atoms with Crippen LogP contribution in [0.4, 0.5) is 0 Å². The molecule has 1 aromatic rings. The summed E-state index contributed by atoms with van der Waals surface area (Å²) in [5, 5.41) is 3.45. The molecule has 1 atom stereocenters. The molecule has 1 aliphatic rings. The summed E-state index contributed by atoms with van der Waals surface area (Å²) in [6.07, 6.45) is 6.72. The third-order valence-corrected chi connectivity index (χ3v) is 4.30. The van der Waals surface area contributed by atoms with E-state index in [-0.39, 0.29) is 0 Å². The molecule has 2 rings (SSSR count). The molecule has 1 fully saturated rings. The second-order valence-electron chi connectivity index (χ2n) is 6.11. The van der Waals surface area contributed by atoms with E-state index in [4.69, 9.17) is 0 Å². The van der Waals surface area contributed by atoms with E-state index in [1.807, 2.05) is 0 Å². The Balaban J connectivity index is 1.97. The lowest BCUT2D eigenvalue weighted by molar-refractivity contribution is 0.419. The summed E-state index contributed by atoms with van der Waals surface area (Å²) in [4.78, 5) is 0. The van der Waals surface area contributed by atoms with Crippen LogP contribution in [0.25, 0.3) is 0 Å². The predicted molar refractivity (Wildman–Crippen MR) is 78.9 cm³/mol. The van der Waals surface area contributed by atoms with Crippen molar-refractivity contribution < 1.29 is 0 Å². The topological polar surface area (TPSA) is 12.0 Å². The second-order valence-corrected chi connectivity index (χ2v) is 6.11. The Bertz CT molecular complexity index is 348. The molecule has 0 aliphatic heterocycles. The SMILES string of the molecule is CNC(CCC(C)C)c1ccc(C2CCC2)cc1. The molecule has 1 unspecified atom stereocenters. The molecule has 1 aromatic carbocycles. The predicted octanol–water partition coefficient (Wildman–Crippen LogP) is 4.65. The molecule has 18 heavy (non-hydrogen) atoms. The van der Waals surface area contributed by atoms with Gasteiger partial charge in [0.05, 0.1) is 0 Å². The third kappa shape index (κ3) is 3.35. The van der Waals surface area contributed by atoms with Crippen molar-refractivity contribution in [1.29, 1.82) is 0 Å². The minimum Gasteiger partial charge on any atom is -0.313 e. The quantitative estimate of drug-likeness (QED) is 0.769. The van der Waals surface area contributed by atoms with Crippen LogP contribution in [0.5, 0.6) is 0 Å². The van der Waals surface area contributed by atoms with Crippen LogP contribution in [0.3, 0.4) is 0 Å². The zero-order valence-corrected chi connectivity index (χ0v) is 12.1. The maximum absolute atomic E-state index is 3.45. The van der Waals surface area contributed by atoms with Crippen molar-refractivity contribution in [3.05, 3.63) is 35.4 Å². The van der Waals surface area contributed by atoms with Crippen LogP contribution in [0, 0.1) is 5.92 Å². The molecule has 0 amide bonds. The van der Waals surface area contributed by atoms with Crippen molar-refractivity contribution in [2.45, 2.75) is 57.9 Å². The molecule has 1 saturated carbocycles. The first-order valence-electron chi connectivity index (χ1n) is 7.48. The zero-order chi connectivity index (χ0) is 13.0. The molecule has 0 heterocycles. The lowest BCUT2D eigenvalue weighted by Crippen LogP contribution is -2.17. The van der Waals surface area contributed by atoms with Gasteiger partial charge in [0.25, 0.3) is 0 Å². The molecule has 0 bridgehead atoms. The number of rotatable bonds is 6. The molecule has 0 radical (unpaired) electrons. The molecular weight excluding hydrogens is 218 g/mol. The summed E-state index contributed by atoms with van der Waals surface area (Å²) in [5.74, 6) is 1.64. The average Bonchev–Trinajstić information content (AvgIpc) is 2.29. The van der Waals surface area contributed by atoms with Gasteiger partial charge in [-0.2, -0.15) is 0 Å². The second kappa shape index (κ2) is 6.38. The van der Waals surface area contributed by atoms with Gasteiger partial charge in [0.2, 0.25) is 0 Å². The lowest BCUT2D eigenvalue weighted by Gasteiger charge is -2.26. The smallest absolute Gasteiger partial charge is 0.0317 e. The van der Waals surface area contributed by atoms with E-state index in [2.05, 4.69) is 50.5 Å². The Morgan fingerprint density at radius 3 is 2.22 bits per heavy atom. The Morgan fingerprint density at radius 2 is 1.78 bits per heavy atom. The summed E-state index contributed by atoms with van der Waals surface area (Å²) < 4.78 is 0. The normalized spacial score (nSPS) is 17.8. The fourth-order valence-corrected chi connectivity index (χ4v) is 2.72. The maximum Gasteiger partial charge on any atom is 0.0317 e. The van der Waals surface area contributed by atoms with Crippen molar-refractivity contribution >= 4 is 0 Å². The fourth-order valence-electron chi connectivity index (χ4n) is 2.72. The molecule has 1 aliphatic carbocycles. The van der Waals surface area contributed by atoms with E-state index in [1.165, 1.54) is 37.7 Å². The van der Waals surface area contributed by atoms with E-state index in [0.717, 1.165) is 11.8 Å². The van der Waals surface area contributed by atoms with Crippen molar-refractivity contribution in [2.24, 2.45) is 5.92 Å². The standard InChI is InChI=1S/C17H27N/c1-13(2)7-12-17(18-3)16-10-8-15(9-11-16)14-5-4-6-14/h8-11,13-14,17-18H,4-7,12H2,1-3H3. The first-order valence-corrected chi connectivity index (χ1v) is 7.48. The highest BCUT2D eigenvalue weighted by Gasteiger charge is 2.19. The Kier molecular flexibility index (Phi) is 4.82. The van der Waals surface area contributed by atoms with Gasteiger partial charge in [0.1, 0.15) is 0 Å². The zero-order valence-electron chi connectivity index (χ0n) is 12.1. The molecule has 1 nitrogen and oxygen atoms in total. The maximum atomic E-state index is 3.45. The molecule has 0 aromatic heterocycles. The van der Waals surface area contributed by atoms with E-state index < -0.39 is 0 Å². The molecule has 0 spiro atoms. The summed E-state index contributed by atoms with van der Waals surface area (Å²) in [5.41, 5.74) is 2.99. The van der Waals surface area contributed by atoms with Crippen molar-refractivity contribution in [1.82, 2.24) is 5.32 Å². The summed E-state index contributed by atoms with van der Waals surface area (Å²) >= 11 is 0. The van der Waals surface area contributed by atoms with Crippen LogP contribution >= 0.6 is 0 Å². The first kappa shape index (κ1) is 13.6. The van der Waals surface area contributed by atoms with Crippen LogP contribution in [0.1, 0.15) is 69.0 Å². The van der Waals surface area contributed by atoms with Crippen molar-refractivity contribution in [3.8, 4) is 0 Å². The minimum atomic E-state index is 0.517. The van der Waals surface area contributed by atoms with Gasteiger partial charge in [-0.25, -0.2) is 0 Å². The van der Waals surface area contributed by atoms with Crippen LogP contribution < -0.4 is 5.32 Å². The van der Waals surface area contributed by atoms with Gasteiger partial charge >= 0.3 is 0 Å². The van der Waals surface area contributed by atoms with Gasteiger partial charge in [-0.15, -0.1) is 0 Å². The molecule has 1 heteroatoms. The van der Waals surface area contributed by atoms with E-state index in [1.54, 1.807) is 5.56 Å². The van der Waals surface area contributed by atoms with Crippen LogP contribution in [0.2, 0.25) is 0 Å². The van der Waals surface area contributed by atoms with E-state index >= 15 is 0 Å². The largest absolute Gasteiger partial charge is 0.313 e. The number of nitrogens with one attached hydrogen (secondary N) is 1. The fraction of sp³-hybridized carbons (Fsp3) is 0.647. The van der Waals surface area contributed by atoms with Gasteiger partial charge < -0.3 is 5.32 Å². The van der Waals surface area contributed by atoms with Gasteiger partial charge in [0, 0.05) is 6.04 Å². The van der Waals surface area contributed by atoms with Gasteiger partial charge in [-0.1, -0.05) is 44.5 Å². The Labute approximate surface area is 112 Å². The molecule has 100 valence electrons. The van der Waals surface area contributed by atoms with Crippen molar-refractivity contribution in [3.63, 3.8) is 0 Å². The van der Waals surface area contributed by atoms with E-state index in [0.29, 0.717) is 6.04 Å². The highest BCUT2D eigenvalue weighted by Crippen LogP contribution is 2.36. The summed E-state index contributed by atoms with van der Waals surface area (Å²) in [6, 6.07) is 9.87. The van der Waals surface area contributed by atoms with Crippen molar-refractivity contribution in [2.75, 3.05) is 7.05 Å². The Hall–Kier alpha value is -0.820. The average molecular weight is 245 g/mol. The van der Waals surface area contributed by atoms with Crippen LogP contribution in [-0.2, 0) is 0 Å². The lowest BCUT2D eigenvalue weighted by atomic mass is 9.79. The number of benzene rings is 1. The van der Waals surface area contributed by atoms with Gasteiger partial charge in [-0.3, -0.25) is 0 Å². The van der Waals surface area contributed by atoms with E-state index in [9.17, 15) is 0 Å². The van der Waals surface area contributed by atoms with Crippen LogP contribution in [0.15, 0.2) is 24.3 Å². The molecular formula is C17H27N. The monoisotopic (exact) mass is 245 g/mol. The Morgan fingerprint density at radius 1 is 1.11 bits per heavy atom. The summed E-state index contributed by atoms with van der Waals surface area (Å²) in [6.45, 7) is 4.60. The number of hydrogen-bond acceptors (Lipinski definition) is 1. The van der Waals surface area contributed by atoms with Crippen LogP contribution in [-0.4, -0.2) is 7.05 Å². The number of hydrogen-bond donors (Lipinski definition) is 1. The summed E-state index contributed by atoms with van der Waals surface area (Å²) in [7, 11) is 2.07. The third-order valence-electron chi connectivity index (χ3n) is 4.30. The molecule has 0 saturated heterocycles. The minimum absolute atomic E-state index is 0.517. The van der Waals surface area contributed by atoms with Gasteiger partial charge in [0.15, 0.2) is 0 Å². The first-order chi connectivity index (χ1) is 8.70. The highest BCUT2D eigenvalue weighted by molar-refractivity contribution is 5.28. The molecule has 1 N–H and O–H groups in total. The highest BCUT2D eigenvalue weighted by atomic mass is 14.9. The van der Waals surface area contributed by atoms with Gasteiger partial charge in [-0.05, 0) is 55.7 Å².